The second kappa shape index (κ2) is 5.76. The first-order chi connectivity index (χ1) is 9.81. The number of ether oxygens (including phenoxy) is 1. The van der Waals surface area contributed by atoms with Crippen molar-refractivity contribution in [3.63, 3.8) is 0 Å². The Labute approximate surface area is 122 Å². The number of aromatic nitrogens is 2. The van der Waals surface area contributed by atoms with Gasteiger partial charge in [0.05, 0.1) is 24.8 Å². The van der Waals surface area contributed by atoms with Gasteiger partial charge in [-0.1, -0.05) is 13.0 Å². The zero-order chi connectivity index (χ0) is 13.9. The molecule has 1 aliphatic rings. The third-order valence-corrected chi connectivity index (χ3v) is 4.51. The van der Waals surface area contributed by atoms with Crippen LogP contribution < -0.4 is 10.6 Å². The summed E-state index contributed by atoms with van der Waals surface area (Å²) in [5, 5.41) is 1.13. The molecule has 0 amide bonds. The van der Waals surface area contributed by atoms with E-state index in [1.807, 2.05) is 18.3 Å². The first-order valence-corrected chi connectivity index (χ1v) is 7.58. The lowest BCUT2D eigenvalue weighted by Gasteiger charge is -2.36. The summed E-state index contributed by atoms with van der Waals surface area (Å²) in [4.78, 5) is 6.56. The van der Waals surface area contributed by atoms with E-state index in [2.05, 4.69) is 21.2 Å². The molecule has 2 aromatic rings. The van der Waals surface area contributed by atoms with E-state index in [4.69, 9.17) is 10.5 Å². The number of nitrogens with zero attached hydrogens (tertiary/aromatic N) is 3. The molecular weight excluding hydrogens is 272 g/mol. The fourth-order valence-corrected chi connectivity index (χ4v) is 3.47. The third-order valence-electron chi connectivity index (χ3n) is 3.61. The number of morpholine rings is 1. The van der Waals surface area contributed by atoms with Crippen molar-refractivity contribution in [2.75, 3.05) is 30.4 Å². The minimum absolute atomic E-state index is 0.388. The maximum Gasteiger partial charge on any atom is 0.147 e. The predicted octanol–water partition coefficient (Wildman–Crippen LogP) is 2.40. The molecule has 106 valence electrons. The molecule has 1 fully saturated rings. The Kier molecular flexibility index (Phi) is 3.84. The van der Waals surface area contributed by atoms with Crippen molar-refractivity contribution in [3.05, 3.63) is 24.5 Å². The molecule has 0 aromatic carbocycles. The second-order valence-corrected chi connectivity index (χ2v) is 5.57. The van der Waals surface area contributed by atoms with Crippen LogP contribution in [0.4, 0.5) is 10.8 Å². The van der Waals surface area contributed by atoms with Crippen molar-refractivity contribution in [1.82, 2.24) is 9.36 Å². The molecular formula is C14H18N4OS. The van der Waals surface area contributed by atoms with Crippen LogP contribution in [0.25, 0.3) is 11.1 Å². The van der Waals surface area contributed by atoms with E-state index in [1.54, 1.807) is 6.20 Å². The van der Waals surface area contributed by atoms with Crippen molar-refractivity contribution >= 4 is 22.4 Å². The molecule has 1 saturated heterocycles. The van der Waals surface area contributed by atoms with Gasteiger partial charge < -0.3 is 15.4 Å². The van der Waals surface area contributed by atoms with Crippen molar-refractivity contribution in [3.8, 4) is 11.1 Å². The third kappa shape index (κ3) is 2.36. The molecule has 0 spiro atoms. The summed E-state index contributed by atoms with van der Waals surface area (Å²) >= 11 is 1.46. The molecule has 6 heteroatoms. The van der Waals surface area contributed by atoms with E-state index >= 15 is 0 Å². The summed E-state index contributed by atoms with van der Waals surface area (Å²) in [6, 6.07) is 4.34. The maximum absolute atomic E-state index is 6.08. The van der Waals surface area contributed by atoms with Crippen LogP contribution >= 0.6 is 11.5 Å². The molecule has 20 heavy (non-hydrogen) atoms. The summed E-state index contributed by atoms with van der Waals surface area (Å²) in [7, 11) is 0. The predicted molar refractivity (Wildman–Crippen MR) is 82.0 cm³/mol. The fourth-order valence-electron chi connectivity index (χ4n) is 2.53. The molecule has 2 aromatic heterocycles. The lowest BCUT2D eigenvalue weighted by Crippen LogP contribution is -2.45. The Morgan fingerprint density at radius 3 is 3.20 bits per heavy atom. The van der Waals surface area contributed by atoms with Gasteiger partial charge in [0.15, 0.2) is 0 Å². The van der Waals surface area contributed by atoms with Crippen molar-refractivity contribution < 1.29 is 4.74 Å². The molecule has 1 aliphatic heterocycles. The number of pyridine rings is 1. The maximum atomic E-state index is 6.08. The van der Waals surface area contributed by atoms with E-state index in [9.17, 15) is 0 Å². The van der Waals surface area contributed by atoms with Gasteiger partial charge in [-0.15, -0.1) is 0 Å². The van der Waals surface area contributed by atoms with Crippen molar-refractivity contribution in [2.24, 2.45) is 0 Å². The van der Waals surface area contributed by atoms with Crippen LogP contribution in [-0.4, -0.2) is 35.2 Å². The van der Waals surface area contributed by atoms with Gasteiger partial charge in [-0.05, 0) is 24.0 Å². The molecule has 1 unspecified atom stereocenters. The highest BCUT2D eigenvalue weighted by Gasteiger charge is 2.27. The summed E-state index contributed by atoms with van der Waals surface area (Å²) in [6.07, 6.45) is 4.65. The highest BCUT2D eigenvalue weighted by Crippen LogP contribution is 2.40. The Morgan fingerprint density at radius 2 is 2.45 bits per heavy atom. The summed E-state index contributed by atoms with van der Waals surface area (Å²) in [5.41, 5.74) is 8.11. The minimum Gasteiger partial charge on any atom is -0.382 e. The smallest absolute Gasteiger partial charge is 0.147 e. The zero-order valence-corrected chi connectivity index (χ0v) is 12.3. The van der Waals surface area contributed by atoms with Crippen LogP contribution in [0.3, 0.4) is 0 Å². The Bertz CT molecular complexity index is 572. The van der Waals surface area contributed by atoms with Gasteiger partial charge in [0.2, 0.25) is 0 Å². The van der Waals surface area contributed by atoms with Crippen LogP contribution in [0.1, 0.15) is 13.3 Å². The van der Waals surface area contributed by atoms with Crippen molar-refractivity contribution in [1.29, 1.82) is 0 Å². The summed E-state index contributed by atoms with van der Waals surface area (Å²) < 4.78 is 9.92. The summed E-state index contributed by atoms with van der Waals surface area (Å²) in [6.45, 7) is 4.58. The number of hydrogen-bond acceptors (Lipinski definition) is 6. The number of rotatable bonds is 3. The largest absolute Gasteiger partial charge is 0.382 e. The van der Waals surface area contributed by atoms with Gasteiger partial charge >= 0.3 is 0 Å². The average Bonchev–Trinajstić information content (AvgIpc) is 2.89. The van der Waals surface area contributed by atoms with Crippen LogP contribution in [-0.2, 0) is 4.74 Å². The first kappa shape index (κ1) is 13.3. The molecule has 0 aliphatic carbocycles. The Balaban J connectivity index is 2.02. The molecule has 5 nitrogen and oxygen atoms in total. The Hall–Kier alpha value is -1.66. The van der Waals surface area contributed by atoms with Crippen LogP contribution in [0.15, 0.2) is 24.5 Å². The first-order valence-electron chi connectivity index (χ1n) is 6.81. The molecule has 2 N–H and O–H groups in total. The Morgan fingerprint density at radius 1 is 1.55 bits per heavy atom. The standard InChI is InChI=1S/C14H18N4OS/c1-2-11-9-19-7-6-18(11)14-12(13(15)17-20-14)10-4-3-5-16-8-10/h3-5,8,11H,2,6-7,9H2,1H3,(H2,15,17). The lowest BCUT2D eigenvalue weighted by molar-refractivity contribution is 0.0934. The normalized spacial score (nSPS) is 19.2. The van der Waals surface area contributed by atoms with Gasteiger partial charge in [-0.25, -0.2) is 0 Å². The quantitative estimate of drug-likeness (QED) is 0.940. The molecule has 0 radical (unpaired) electrons. The molecule has 3 heterocycles. The molecule has 0 bridgehead atoms. The monoisotopic (exact) mass is 290 g/mol. The van der Waals surface area contributed by atoms with E-state index in [0.29, 0.717) is 11.9 Å². The van der Waals surface area contributed by atoms with Gasteiger partial charge in [0, 0.05) is 24.5 Å². The number of nitrogens with two attached hydrogens (primary N) is 1. The molecule has 1 atom stereocenters. The van der Waals surface area contributed by atoms with E-state index in [1.165, 1.54) is 11.5 Å². The zero-order valence-electron chi connectivity index (χ0n) is 11.5. The van der Waals surface area contributed by atoms with Crippen LogP contribution in [0, 0.1) is 0 Å². The van der Waals surface area contributed by atoms with Crippen LogP contribution in [0.2, 0.25) is 0 Å². The highest BCUT2D eigenvalue weighted by atomic mass is 32.1. The minimum atomic E-state index is 0.388. The van der Waals surface area contributed by atoms with E-state index < -0.39 is 0 Å². The van der Waals surface area contributed by atoms with Gasteiger partial charge in [-0.2, -0.15) is 4.37 Å². The van der Waals surface area contributed by atoms with Gasteiger partial charge in [-0.3, -0.25) is 4.98 Å². The van der Waals surface area contributed by atoms with E-state index in [0.717, 1.165) is 42.3 Å². The lowest BCUT2D eigenvalue weighted by atomic mass is 10.1. The van der Waals surface area contributed by atoms with Crippen molar-refractivity contribution in [2.45, 2.75) is 19.4 Å². The van der Waals surface area contributed by atoms with Gasteiger partial charge in [0.1, 0.15) is 10.8 Å². The molecule has 0 saturated carbocycles. The average molecular weight is 290 g/mol. The molecule has 3 rings (SSSR count). The van der Waals surface area contributed by atoms with Crippen LogP contribution in [0.5, 0.6) is 0 Å². The SMILES string of the molecule is CCC1COCCN1c1snc(N)c1-c1cccnc1. The summed E-state index contributed by atoms with van der Waals surface area (Å²) in [5.74, 6) is 0.583. The highest BCUT2D eigenvalue weighted by molar-refractivity contribution is 7.11. The fraction of sp³-hybridized carbons (Fsp3) is 0.429. The van der Waals surface area contributed by atoms with E-state index in [-0.39, 0.29) is 0 Å². The van der Waals surface area contributed by atoms with Gasteiger partial charge in [0.25, 0.3) is 0 Å². The number of hydrogen-bond donors (Lipinski definition) is 1. The number of anilines is 2. The second-order valence-electron chi connectivity index (χ2n) is 4.82. The number of nitrogen functional groups attached to an aromatic ring is 1. The topological polar surface area (TPSA) is 64.3 Å².